The first-order valence-electron chi connectivity index (χ1n) is 7.31. The minimum atomic E-state index is 0.0139. The molecule has 1 aliphatic heterocycles. The van der Waals surface area contributed by atoms with Crippen LogP contribution < -0.4 is 9.64 Å². The molecule has 22 heavy (non-hydrogen) atoms. The number of halogens is 1. The van der Waals surface area contributed by atoms with Crippen LogP contribution in [0.4, 0.5) is 5.69 Å². The third-order valence-electron chi connectivity index (χ3n) is 4.05. The van der Waals surface area contributed by atoms with Crippen LogP contribution in [0.15, 0.2) is 46.9 Å². The maximum absolute atomic E-state index is 12.6. The van der Waals surface area contributed by atoms with Crippen LogP contribution in [0.3, 0.4) is 0 Å². The molecule has 0 aliphatic carbocycles. The third kappa shape index (κ3) is 2.88. The minimum absolute atomic E-state index is 0.0139. The molecule has 0 saturated carbocycles. The van der Waals surface area contributed by atoms with E-state index in [1.807, 2.05) is 48.2 Å². The number of carbonyl (C=O) groups is 1. The van der Waals surface area contributed by atoms with Crippen molar-refractivity contribution >= 4 is 27.5 Å². The molecule has 0 bridgehead atoms. The fourth-order valence-corrected chi connectivity index (χ4v) is 3.27. The van der Waals surface area contributed by atoms with Crippen LogP contribution in [-0.2, 0) is 17.8 Å². The van der Waals surface area contributed by atoms with E-state index in [1.54, 1.807) is 7.11 Å². The molecule has 1 heterocycles. The summed E-state index contributed by atoms with van der Waals surface area (Å²) in [5.74, 6) is 1.03. The molecule has 3 nitrogen and oxygen atoms in total. The zero-order valence-corrected chi connectivity index (χ0v) is 14.3. The average molecular weight is 360 g/mol. The Morgan fingerprint density at radius 3 is 2.64 bits per heavy atom. The fourth-order valence-electron chi connectivity index (χ4n) is 2.86. The lowest BCUT2D eigenvalue weighted by Crippen LogP contribution is -2.39. The molecule has 2 aromatic rings. The van der Waals surface area contributed by atoms with Crippen molar-refractivity contribution in [1.29, 1.82) is 0 Å². The van der Waals surface area contributed by atoms with Crippen molar-refractivity contribution in [2.24, 2.45) is 5.92 Å². The Labute approximate surface area is 139 Å². The summed E-state index contributed by atoms with van der Waals surface area (Å²) in [6.07, 6.45) is 0.798. The minimum Gasteiger partial charge on any atom is -0.497 e. The highest BCUT2D eigenvalue weighted by Crippen LogP contribution is 2.33. The second kappa shape index (κ2) is 6.13. The first kappa shape index (κ1) is 15.1. The van der Waals surface area contributed by atoms with Crippen molar-refractivity contribution in [1.82, 2.24) is 0 Å². The van der Waals surface area contributed by atoms with Crippen LogP contribution in [0.5, 0.6) is 5.75 Å². The quantitative estimate of drug-likeness (QED) is 0.822. The van der Waals surface area contributed by atoms with Crippen molar-refractivity contribution in [3.63, 3.8) is 0 Å². The Bertz CT molecular complexity index is 697. The van der Waals surface area contributed by atoms with Gasteiger partial charge in [0.25, 0.3) is 0 Å². The van der Waals surface area contributed by atoms with E-state index in [9.17, 15) is 4.79 Å². The van der Waals surface area contributed by atoms with Gasteiger partial charge in [-0.15, -0.1) is 0 Å². The topological polar surface area (TPSA) is 29.5 Å². The molecule has 0 saturated heterocycles. The zero-order chi connectivity index (χ0) is 15.7. The van der Waals surface area contributed by atoms with E-state index >= 15 is 0 Å². The van der Waals surface area contributed by atoms with Gasteiger partial charge in [-0.2, -0.15) is 0 Å². The molecule has 1 aliphatic rings. The van der Waals surface area contributed by atoms with Gasteiger partial charge in [0.1, 0.15) is 5.75 Å². The van der Waals surface area contributed by atoms with Crippen LogP contribution in [0.25, 0.3) is 0 Å². The van der Waals surface area contributed by atoms with Crippen LogP contribution in [0.1, 0.15) is 18.1 Å². The molecule has 0 radical (unpaired) electrons. The highest BCUT2D eigenvalue weighted by Gasteiger charge is 2.29. The van der Waals surface area contributed by atoms with Crippen molar-refractivity contribution in [3.8, 4) is 5.75 Å². The predicted octanol–water partition coefficient (Wildman–Crippen LogP) is 4.18. The lowest BCUT2D eigenvalue weighted by Gasteiger charge is -2.33. The van der Waals surface area contributed by atoms with Gasteiger partial charge in [-0.05, 0) is 47.9 Å². The Kier molecular flexibility index (Phi) is 4.21. The lowest BCUT2D eigenvalue weighted by atomic mass is 9.92. The van der Waals surface area contributed by atoms with E-state index in [1.165, 1.54) is 5.56 Å². The SMILES string of the molecule is COc1ccc(CN2C(=O)C(C)Cc3cc(Br)ccc32)cc1. The monoisotopic (exact) mass is 359 g/mol. The Hall–Kier alpha value is -1.81. The second-order valence-electron chi connectivity index (χ2n) is 5.65. The largest absolute Gasteiger partial charge is 0.497 e. The molecule has 1 amide bonds. The number of nitrogens with zero attached hydrogens (tertiary/aromatic N) is 1. The number of hydrogen-bond donors (Lipinski definition) is 0. The molecular formula is C18H18BrNO2. The van der Waals surface area contributed by atoms with Gasteiger partial charge in [-0.3, -0.25) is 4.79 Å². The van der Waals surface area contributed by atoms with Gasteiger partial charge >= 0.3 is 0 Å². The standard InChI is InChI=1S/C18H18BrNO2/c1-12-9-14-10-15(19)5-8-17(14)20(18(12)21)11-13-3-6-16(22-2)7-4-13/h3-8,10,12H,9,11H2,1-2H3. The number of carbonyl (C=O) groups excluding carboxylic acids is 1. The number of amides is 1. The van der Waals surface area contributed by atoms with Gasteiger partial charge in [0.05, 0.1) is 13.7 Å². The molecule has 3 rings (SSSR count). The maximum atomic E-state index is 12.6. The number of hydrogen-bond acceptors (Lipinski definition) is 2. The Balaban J connectivity index is 1.92. The predicted molar refractivity (Wildman–Crippen MR) is 91.2 cm³/mol. The van der Waals surface area contributed by atoms with Gasteiger partial charge in [0.2, 0.25) is 5.91 Å². The van der Waals surface area contributed by atoms with E-state index in [4.69, 9.17) is 4.74 Å². The van der Waals surface area contributed by atoms with Crippen molar-refractivity contribution in [2.45, 2.75) is 19.9 Å². The molecule has 4 heteroatoms. The summed E-state index contributed by atoms with van der Waals surface area (Å²) >= 11 is 3.51. The zero-order valence-electron chi connectivity index (χ0n) is 12.7. The normalized spacial score (nSPS) is 17.3. The van der Waals surface area contributed by atoms with Gasteiger partial charge in [-0.1, -0.05) is 35.0 Å². The Morgan fingerprint density at radius 1 is 1.23 bits per heavy atom. The van der Waals surface area contributed by atoms with Crippen molar-refractivity contribution in [2.75, 3.05) is 12.0 Å². The van der Waals surface area contributed by atoms with Gasteiger partial charge in [-0.25, -0.2) is 0 Å². The van der Waals surface area contributed by atoms with Crippen molar-refractivity contribution < 1.29 is 9.53 Å². The maximum Gasteiger partial charge on any atom is 0.230 e. The molecule has 1 unspecified atom stereocenters. The average Bonchev–Trinajstić information content (AvgIpc) is 2.52. The summed E-state index contributed by atoms with van der Waals surface area (Å²) in [6, 6.07) is 14.0. The molecule has 0 fully saturated rings. The first-order valence-corrected chi connectivity index (χ1v) is 8.10. The highest BCUT2D eigenvalue weighted by molar-refractivity contribution is 9.10. The lowest BCUT2D eigenvalue weighted by molar-refractivity contribution is -0.122. The fraction of sp³-hybridized carbons (Fsp3) is 0.278. The number of anilines is 1. The summed E-state index contributed by atoms with van der Waals surface area (Å²) in [5.41, 5.74) is 3.33. The molecule has 114 valence electrons. The van der Waals surface area contributed by atoms with Gasteiger partial charge in [0.15, 0.2) is 0 Å². The van der Waals surface area contributed by atoms with E-state index in [-0.39, 0.29) is 11.8 Å². The van der Waals surface area contributed by atoms with E-state index in [0.717, 1.165) is 27.9 Å². The first-order chi connectivity index (χ1) is 10.6. The summed E-state index contributed by atoms with van der Waals surface area (Å²) in [5, 5.41) is 0. The van der Waals surface area contributed by atoms with Gasteiger partial charge in [0, 0.05) is 16.1 Å². The molecule has 0 aromatic heterocycles. The van der Waals surface area contributed by atoms with E-state index in [2.05, 4.69) is 22.0 Å². The number of fused-ring (bicyclic) bond motifs is 1. The Morgan fingerprint density at radius 2 is 1.95 bits per heavy atom. The molecule has 0 spiro atoms. The molecule has 0 N–H and O–H groups in total. The third-order valence-corrected chi connectivity index (χ3v) is 4.54. The molecule has 2 aromatic carbocycles. The second-order valence-corrected chi connectivity index (χ2v) is 6.57. The summed E-state index contributed by atoms with van der Waals surface area (Å²) in [6.45, 7) is 2.58. The van der Waals surface area contributed by atoms with Crippen molar-refractivity contribution in [3.05, 3.63) is 58.1 Å². The number of ether oxygens (including phenoxy) is 1. The smallest absolute Gasteiger partial charge is 0.230 e. The number of rotatable bonds is 3. The number of methoxy groups -OCH3 is 1. The van der Waals surface area contributed by atoms with Crippen LogP contribution in [0, 0.1) is 5.92 Å². The highest BCUT2D eigenvalue weighted by atomic mass is 79.9. The van der Waals surface area contributed by atoms with Gasteiger partial charge < -0.3 is 9.64 Å². The summed E-state index contributed by atoms with van der Waals surface area (Å²) in [7, 11) is 1.65. The summed E-state index contributed by atoms with van der Waals surface area (Å²) in [4.78, 5) is 14.5. The molecule has 1 atom stereocenters. The van der Waals surface area contributed by atoms with Crippen LogP contribution in [0.2, 0.25) is 0 Å². The van der Waals surface area contributed by atoms with Crippen LogP contribution >= 0.6 is 15.9 Å². The van der Waals surface area contributed by atoms with E-state index < -0.39 is 0 Å². The van der Waals surface area contributed by atoms with E-state index in [0.29, 0.717) is 6.54 Å². The summed E-state index contributed by atoms with van der Waals surface area (Å²) < 4.78 is 6.23. The van der Waals surface area contributed by atoms with Crippen LogP contribution in [-0.4, -0.2) is 13.0 Å². The number of benzene rings is 2. The molecular weight excluding hydrogens is 342 g/mol.